The Morgan fingerprint density at radius 1 is 1.71 bits per heavy atom. The van der Waals surface area contributed by atoms with E-state index in [0.717, 1.165) is 5.56 Å². The summed E-state index contributed by atoms with van der Waals surface area (Å²) in [6.45, 7) is 2.51. The van der Waals surface area contributed by atoms with Crippen molar-refractivity contribution in [3.05, 3.63) is 30.1 Å². The number of aromatic nitrogens is 1. The van der Waals surface area contributed by atoms with E-state index in [1.54, 1.807) is 12.4 Å². The van der Waals surface area contributed by atoms with E-state index in [2.05, 4.69) is 4.98 Å². The van der Waals surface area contributed by atoms with Crippen LogP contribution in [0.1, 0.15) is 18.4 Å². The molecule has 14 heavy (non-hydrogen) atoms. The second-order valence-corrected chi connectivity index (χ2v) is 3.57. The van der Waals surface area contributed by atoms with Gasteiger partial charge in [-0.2, -0.15) is 0 Å². The van der Waals surface area contributed by atoms with Gasteiger partial charge >= 0.3 is 6.09 Å². The molecule has 0 saturated carbocycles. The van der Waals surface area contributed by atoms with Crippen molar-refractivity contribution in [2.45, 2.75) is 18.9 Å². The second kappa shape index (κ2) is 3.29. The molecule has 4 heteroatoms. The summed E-state index contributed by atoms with van der Waals surface area (Å²) in [5, 5.41) is 8.78. The summed E-state index contributed by atoms with van der Waals surface area (Å²) >= 11 is 0. The first kappa shape index (κ1) is 8.99. The molecule has 1 fully saturated rings. The fourth-order valence-electron chi connectivity index (χ4n) is 1.84. The zero-order chi connectivity index (χ0) is 10.1. The molecule has 1 aromatic rings. The predicted octanol–water partition coefficient (Wildman–Crippen LogP) is 1.55. The second-order valence-electron chi connectivity index (χ2n) is 3.57. The largest absolute Gasteiger partial charge is 0.465 e. The van der Waals surface area contributed by atoms with Crippen molar-refractivity contribution in [3.8, 4) is 0 Å². The highest BCUT2D eigenvalue weighted by molar-refractivity contribution is 5.67. The average molecular weight is 192 g/mol. The van der Waals surface area contributed by atoms with Crippen molar-refractivity contribution in [1.29, 1.82) is 0 Å². The van der Waals surface area contributed by atoms with Crippen LogP contribution in [-0.4, -0.2) is 33.7 Å². The summed E-state index contributed by atoms with van der Waals surface area (Å²) in [5.41, 5.74) is 1.12. The monoisotopic (exact) mass is 192 g/mol. The lowest BCUT2D eigenvalue weighted by molar-refractivity contribution is 0.0646. The van der Waals surface area contributed by atoms with E-state index in [1.807, 2.05) is 19.1 Å². The number of carboxylic acid groups (broad SMARTS) is 1. The number of pyridine rings is 1. The number of hydrogen-bond donors (Lipinski definition) is 1. The Morgan fingerprint density at radius 2 is 2.50 bits per heavy atom. The maximum Gasteiger partial charge on any atom is 0.407 e. The van der Waals surface area contributed by atoms with Gasteiger partial charge in [0.2, 0.25) is 0 Å². The molecule has 0 bridgehead atoms. The number of hydrogen-bond acceptors (Lipinski definition) is 2. The first-order valence-corrected chi connectivity index (χ1v) is 4.59. The molecule has 1 amide bonds. The molecule has 0 unspecified atom stereocenters. The van der Waals surface area contributed by atoms with Crippen LogP contribution in [0.2, 0.25) is 0 Å². The Morgan fingerprint density at radius 3 is 3.00 bits per heavy atom. The predicted molar refractivity (Wildman–Crippen MR) is 51.2 cm³/mol. The molecule has 2 rings (SSSR count). The minimum absolute atomic E-state index is 0.0664. The molecule has 1 aliphatic rings. The average Bonchev–Trinajstić information content (AvgIpc) is 2.17. The highest BCUT2D eigenvalue weighted by atomic mass is 16.4. The third-order valence-corrected chi connectivity index (χ3v) is 2.83. The van der Waals surface area contributed by atoms with Crippen LogP contribution < -0.4 is 0 Å². The fraction of sp³-hybridized carbons (Fsp3) is 0.400. The molecule has 0 spiro atoms. The van der Waals surface area contributed by atoms with E-state index in [9.17, 15) is 4.79 Å². The maximum atomic E-state index is 10.7. The van der Waals surface area contributed by atoms with Gasteiger partial charge in [-0.3, -0.25) is 4.98 Å². The zero-order valence-corrected chi connectivity index (χ0v) is 7.92. The molecule has 1 N–H and O–H groups in total. The number of rotatable bonds is 1. The van der Waals surface area contributed by atoms with Crippen molar-refractivity contribution in [2.75, 3.05) is 6.54 Å². The van der Waals surface area contributed by atoms with Gasteiger partial charge < -0.3 is 10.0 Å². The van der Waals surface area contributed by atoms with Crippen LogP contribution in [0.4, 0.5) is 4.79 Å². The Hall–Kier alpha value is -1.58. The summed E-state index contributed by atoms with van der Waals surface area (Å²) in [4.78, 5) is 16.1. The van der Waals surface area contributed by atoms with Gasteiger partial charge in [0.05, 0.1) is 0 Å². The fourth-order valence-corrected chi connectivity index (χ4v) is 1.84. The molecule has 1 aromatic heterocycles. The Bertz CT molecular complexity index is 339. The lowest BCUT2D eigenvalue weighted by atomic mass is 9.85. The van der Waals surface area contributed by atoms with Gasteiger partial charge in [0.1, 0.15) is 0 Å². The van der Waals surface area contributed by atoms with Gasteiger partial charge in [-0.25, -0.2) is 4.79 Å². The van der Waals surface area contributed by atoms with E-state index in [1.165, 1.54) is 4.90 Å². The number of nitrogens with zero attached hydrogens (tertiary/aromatic N) is 2. The Labute approximate surface area is 82.2 Å². The van der Waals surface area contributed by atoms with Crippen LogP contribution in [0, 0.1) is 0 Å². The van der Waals surface area contributed by atoms with Crippen molar-refractivity contribution in [3.63, 3.8) is 0 Å². The molecule has 1 aliphatic heterocycles. The summed E-state index contributed by atoms with van der Waals surface area (Å²) in [6, 6.07) is 3.94. The van der Waals surface area contributed by atoms with Gasteiger partial charge in [0.25, 0.3) is 0 Å². The van der Waals surface area contributed by atoms with Gasteiger partial charge in [0.15, 0.2) is 0 Å². The normalized spacial score (nSPS) is 25.6. The molecule has 0 radical (unpaired) electrons. The smallest absolute Gasteiger partial charge is 0.407 e. The van der Waals surface area contributed by atoms with E-state index in [-0.39, 0.29) is 6.04 Å². The van der Waals surface area contributed by atoms with Crippen LogP contribution in [0.25, 0.3) is 0 Å². The van der Waals surface area contributed by atoms with Crippen LogP contribution in [0.15, 0.2) is 24.5 Å². The molecule has 1 saturated heterocycles. The van der Waals surface area contributed by atoms with Crippen molar-refractivity contribution in [1.82, 2.24) is 9.88 Å². The molecule has 74 valence electrons. The van der Waals surface area contributed by atoms with Crippen LogP contribution in [0.5, 0.6) is 0 Å². The van der Waals surface area contributed by atoms with E-state index < -0.39 is 6.09 Å². The van der Waals surface area contributed by atoms with E-state index in [0.29, 0.717) is 12.5 Å². The molecule has 0 aromatic carbocycles. The third-order valence-electron chi connectivity index (χ3n) is 2.83. The standard InChI is InChI=1S/C10H12N2O2/c1-7-9(6-12(7)10(13)14)8-3-2-4-11-5-8/h2-5,7,9H,6H2,1H3,(H,13,14)/t7-,9+/m0/s1. The SMILES string of the molecule is C[C@H]1[C@H](c2cccnc2)CN1C(=O)O. The Kier molecular flexibility index (Phi) is 2.11. The topological polar surface area (TPSA) is 53.4 Å². The third kappa shape index (κ3) is 1.32. The highest BCUT2D eigenvalue weighted by Gasteiger charge is 2.39. The van der Waals surface area contributed by atoms with Crippen LogP contribution in [-0.2, 0) is 0 Å². The van der Waals surface area contributed by atoms with Crippen LogP contribution in [0.3, 0.4) is 0 Å². The molecule has 2 atom stereocenters. The summed E-state index contributed by atoms with van der Waals surface area (Å²) in [7, 11) is 0. The zero-order valence-electron chi connectivity index (χ0n) is 7.92. The maximum absolute atomic E-state index is 10.7. The minimum atomic E-state index is -0.836. The van der Waals surface area contributed by atoms with E-state index in [4.69, 9.17) is 5.11 Å². The first-order valence-electron chi connectivity index (χ1n) is 4.59. The van der Waals surface area contributed by atoms with Crippen LogP contribution >= 0.6 is 0 Å². The van der Waals surface area contributed by atoms with Gasteiger partial charge in [-0.15, -0.1) is 0 Å². The lowest BCUT2D eigenvalue weighted by Crippen LogP contribution is -2.55. The summed E-state index contributed by atoms with van der Waals surface area (Å²) in [6.07, 6.45) is 2.69. The number of likely N-dealkylation sites (tertiary alicyclic amines) is 1. The first-order chi connectivity index (χ1) is 6.70. The van der Waals surface area contributed by atoms with Crippen molar-refractivity contribution < 1.29 is 9.90 Å². The van der Waals surface area contributed by atoms with Gasteiger partial charge in [-0.05, 0) is 18.6 Å². The lowest BCUT2D eigenvalue weighted by Gasteiger charge is -2.44. The molecular weight excluding hydrogens is 180 g/mol. The van der Waals surface area contributed by atoms with Gasteiger partial charge in [-0.1, -0.05) is 6.07 Å². The molecule has 2 heterocycles. The summed E-state index contributed by atoms with van der Waals surface area (Å²) in [5.74, 6) is 0.305. The molecule has 4 nitrogen and oxygen atoms in total. The number of amides is 1. The highest BCUT2D eigenvalue weighted by Crippen LogP contribution is 2.33. The Balaban J connectivity index is 2.08. The van der Waals surface area contributed by atoms with Crippen molar-refractivity contribution >= 4 is 6.09 Å². The number of carbonyl (C=O) groups is 1. The van der Waals surface area contributed by atoms with Crippen molar-refractivity contribution in [2.24, 2.45) is 0 Å². The van der Waals surface area contributed by atoms with E-state index >= 15 is 0 Å². The molecule has 0 aliphatic carbocycles. The summed E-state index contributed by atoms with van der Waals surface area (Å²) < 4.78 is 0. The van der Waals surface area contributed by atoms with Gasteiger partial charge in [0, 0.05) is 30.9 Å². The minimum Gasteiger partial charge on any atom is -0.465 e. The quantitative estimate of drug-likeness (QED) is 0.734. The molecular formula is C10H12N2O2.